The fourth-order valence-electron chi connectivity index (χ4n) is 3.70. The number of carbonyl (C=O) groups is 1. The van der Waals surface area contributed by atoms with Crippen molar-refractivity contribution < 1.29 is 15.0 Å². The highest BCUT2D eigenvalue weighted by Crippen LogP contribution is 2.49. The Morgan fingerprint density at radius 2 is 2.27 bits per heavy atom. The zero-order chi connectivity index (χ0) is 15.6. The molecule has 3 heterocycles. The summed E-state index contributed by atoms with van der Waals surface area (Å²) in [7, 11) is 0. The summed E-state index contributed by atoms with van der Waals surface area (Å²) in [5.74, 6) is 0.0974. The maximum absolute atomic E-state index is 12.2. The highest BCUT2D eigenvalue weighted by atomic mass is 79.9. The summed E-state index contributed by atoms with van der Waals surface area (Å²) in [5, 5.41) is 19.6. The first-order chi connectivity index (χ1) is 10.5. The number of aliphatic hydroxyl groups is 1. The van der Waals surface area contributed by atoms with Gasteiger partial charge >= 0.3 is 6.09 Å². The molecule has 2 fully saturated rings. The van der Waals surface area contributed by atoms with Crippen LogP contribution in [0.2, 0.25) is 0 Å². The predicted molar refractivity (Wildman–Crippen MR) is 83.1 cm³/mol. The molecule has 3 N–H and O–H groups in total. The lowest BCUT2D eigenvalue weighted by molar-refractivity contribution is 0.0317. The normalized spacial score (nSPS) is 30.4. The van der Waals surface area contributed by atoms with E-state index in [1.807, 2.05) is 0 Å². The van der Waals surface area contributed by atoms with E-state index in [4.69, 9.17) is 0 Å². The van der Waals surface area contributed by atoms with E-state index < -0.39 is 18.2 Å². The molecule has 0 aromatic carbocycles. The number of H-pyrrole nitrogens is 1. The third-order valence-electron chi connectivity index (χ3n) is 4.52. The zero-order valence-corrected chi connectivity index (χ0v) is 13.6. The van der Waals surface area contributed by atoms with Crippen LogP contribution in [0.25, 0.3) is 10.2 Å². The van der Waals surface area contributed by atoms with E-state index in [0.717, 1.165) is 3.79 Å². The molecule has 1 aliphatic heterocycles. The molecular weight excluding hydrogens is 374 g/mol. The van der Waals surface area contributed by atoms with Gasteiger partial charge in [-0.3, -0.25) is 9.69 Å². The van der Waals surface area contributed by atoms with Crippen molar-refractivity contribution in [3.05, 3.63) is 26.0 Å². The lowest BCUT2D eigenvalue weighted by Crippen LogP contribution is -2.44. The zero-order valence-electron chi connectivity index (χ0n) is 11.2. The van der Waals surface area contributed by atoms with E-state index in [2.05, 4.69) is 25.9 Å². The van der Waals surface area contributed by atoms with E-state index in [0.29, 0.717) is 28.9 Å². The molecule has 22 heavy (non-hydrogen) atoms. The molecule has 1 saturated heterocycles. The van der Waals surface area contributed by atoms with Gasteiger partial charge in [-0.25, -0.2) is 9.78 Å². The van der Waals surface area contributed by atoms with Crippen LogP contribution >= 0.6 is 27.3 Å². The molecule has 1 aliphatic carbocycles. The number of aromatic amines is 1. The molecule has 2 aromatic heterocycles. The number of piperidine rings is 1. The number of halogens is 1. The summed E-state index contributed by atoms with van der Waals surface area (Å²) >= 11 is 4.61. The van der Waals surface area contributed by atoms with Gasteiger partial charge in [-0.05, 0) is 34.8 Å². The molecule has 0 unspecified atom stereocenters. The fraction of sp³-hybridized carbons (Fsp3) is 0.462. The first-order valence-corrected chi connectivity index (χ1v) is 8.45. The number of aromatic nitrogens is 2. The number of hydrogen-bond donors (Lipinski definition) is 3. The Labute approximate surface area is 136 Å². The van der Waals surface area contributed by atoms with Crippen molar-refractivity contribution in [1.82, 2.24) is 14.9 Å². The quantitative estimate of drug-likeness (QED) is 0.694. The number of fused-ring (bicyclic) bond motifs is 3. The molecule has 2 aliphatic rings. The minimum absolute atomic E-state index is 0.210. The van der Waals surface area contributed by atoms with Gasteiger partial charge in [0.05, 0.1) is 21.4 Å². The largest absolute Gasteiger partial charge is 0.465 e. The van der Waals surface area contributed by atoms with Gasteiger partial charge in [0.2, 0.25) is 0 Å². The van der Waals surface area contributed by atoms with Crippen molar-refractivity contribution in [3.63, 3.8) is 0 Å². The van der Waals surface area contributed by atoms with E-state index in [9.17, 15) is 19.8 Å². The Morgan fingerprint density at radius 3 is 3.00 bits per heavy atom. The van der Waals surface area contributed by atoms with Crippen molar-refractivity contribution in [3.8, 4) is 0 Å². The molecule has 1 saturated carbocycles. The van der Waals surface area contributed by atoms with E-state index in [-0.39, 0.29) is 17.5 Å². The van der Waals surface area contributed by atoms with Crippen molar-refractivity contribution >= 4 is 43.6 Å². The Morgan fingerprint density at radius 1 is 1.50 bits per heavy atom. The van der Waals surface area contributed by atoms with Gasteiger partial charge in [0.1, 0.15) is 10.5 Å². The number of hydrogen-bond acceptors (Lipinski definition) is 5. The topological polar surface area (TPSA) is 107 Å². The van der Waals surface area contributed by atoms with Crippen LogP contribution in [0.15, 0.2) is 14.6 Å². The smallest absolute Gasteiger partial charge is 0.408 e. The third-order valence-corrected chi connectivity index (χ3v) is 6.15. The van der Waals surface area contributed by atoms with Crippen molar-refractivity contribution in [2.75, 3.05) is 0 Å². The average Bonchev–Trinajstić information content (AvgIpc) is 3.08. The van der Waals surface area contributed by atoms with E-state index >= 15 is 0 Å². The van der Waals surface area contributed by atoms with Gasteiger partial charge in [0.15, 0.2) is 0 Å². The van der Waals surface area contributed by atoms with Crippen LogP contribution in [0.3, 0.4) is 0 Å². The van der Waals surface area contributed by atoms with Gasteiger partial charge in [-0.1, -0.05) is 0 Å². The van der Waals surface area contributed by atoms with Crippen LogP contribution in [-0.2, 0) is 0 Å². The summed E-state index contributed by atoms with van der Waals surface area (Å²) in [6.45, 7) is 0. The Kier molecular flexibility index (Phi) is 3.07. The Balaban J connectivity index is 1.86. The van der Waals surface area contributed by atoms with Gasteiger partial charge < -0.3 is 15.2 Å². The van der Waals surface area contributed by atoms with Crippen molar-refractivity contribution in [2.24, 2.45) is 5.92 Å². The second-order valence-corrected chi connectivity index (χ2v) is 8.14. The molecule has 4 rings (SSSR count). The summed E-state index contributed by atoms with van der Waals surface area (Å²) in [5.41, 5.74) is 0.261. The summed E-state index contributed by atoms with van der Waals surface area (Å²) in [6.07, 6.45) is -0.545. The van der Waals surface area contributed by atoms with Crippen molar-refractivity contribution in [2.45, 2.75) is 31.0 Å². The number of rotatable bonds is 1. The first-order valence-electron chi connectivity index (χ1n) is 6.84. The second-order valence-electron chi connectivity index (χ2n) is 5.71. The molecular formula is C13H12BrN3O4S. The SMILES string of the molecule is O=C(O)N1[C@H]2C[C@@H]([C@H]1c1nc3cc(Br)sc3c(=O)[nH]1)[C@@H](O)C2. The van der Waals surface area contributed by atoms with Crippen LogP contribution in [0, 0.1) is 5.92 Å². The number of thiophene rings is 1. The van der Waals surface area contributed by atoms with Gasteiger partial charge in [0.25, 0.3) is 5.56 Å². The van der Waals surface area contributed by atoms with Crippen LogP contribution in [0.5, 0.6) is 0 Å². The first kappa shape index (κ1) is 14.2. The van der Waals surface area contributed by atoms with Crippen LogP contribution < -0.4 is 5.56 Å². The monoisotopic (exact) mass is 385 g/mol. The third kappa shape index (κ3) is 1.92. The number of amides is 1. The highest BCUT2D eigenvalue weighted by Gasteiger charge is 2.54. The number of likely N-dealkylation sites (tertiary alicyclic amines) is 1. The Bertz CT molecular complexity index is 834. The standard InChI is InChI=1S/C13H12BrN3O4S/c14-8-3-6-10(22-8)12(19)16-11(15-6)9-5-1-4(2-7(5)18)17(9)13(20)21/h3-5,7,9,18H,1-2H2,(H,20,21)(H,15,16,19)/t4-,5+,7-,9-/m0/s1. The summed E-state index contributed by atoms with van der Waals surface area (Å²) in [4.78, 5) is 32.2. The summed E-state index contributed by atoms with van der Waals surface area (Å²) < 4.78 is 1.29. The number of nitrogens with zero attached hydrogens (tertiary/aromatic N) is 2. The molecule has 2 aromatic rings. The molecule has 0 radical (unpaired) electrons. The molecule has 2 bridgehead atoms. The number of aliphatic hydroxyl groups excluding tert-OH is 1. The fourth-order valence-corrected chi connectivity index (χ4v) is 5.12. The van der Waals surface area contributed by atoms with Gasteiger partial charge in [-0.15, -0.1) is 11.3 Å². The van der Waals surface area contributed by atoms with Gasteiger partial charge in [-0.2, -0.15) is 0 Å². The Hall–Kier alpha value is -1.45. The minimum Gasteiger partial charge on any atom is -0.465 e. The highest BCUT2D eigenvalue weighted by molar-refractivity contribution is 9.11. The van der Waals surface area contributed by atoms with Crippen LogP contribution in [0.4, 0.5) is 4.79 Å². The van der Waals surface area contributed by atoms with Gasteiger partial charge in [0, 0.05) is 12.0 Å². The molecule has 1 amide bonds. The maximum Gasteiger partial charge on any atom is 0.408 e. The summed E-state index contributed by atoms with van der Waals surface area (Å²) in [6, 6.07) is 0.938. The molecule has 7 nitrogen and oxygen atoms in total. The number of nitrogens with one attached hydrogen (secondary N) is 1. The lowest BCUT2D eigenvalue weighted by Gasteiger charge is -2.34. The predicted octanol–water partition coefficient (Wildman–Crippen LogP) is 1.92. The molecule has 9 heteroatoms. The van der Waals surface area contributed by atoms with Crippen LogP contribution in [-0.4, -0.2) is 43.3 Å². The molecule has 0 spiro atoms. The van der Waals surface area contributed by atoms with E-state index in [1.54, 1.807) is 6.07 Å². The molecule has 116 valence electrons. The van der Waals surface area contributed by atoms with E-state index in [1.165, 1.54) is 16.2 Å². The number of carboxylic acid groups (broad SMARTS) is 1. The van der Waals surface area contributed by atoms with Crippen LogP contribution in [0.1, 0.15) is 24.7 Å². The molecule has 4 atom stereocenters. The lowest BCUT2D eigenvalue weighted by atomic mass is 9.95. The minimum atomic E-state index is -1.04. The maximum atomic E-state index is 12.2. The second kappa shape index (κ2) is 4.77. The van der Waals surface area contributed by atoms with Crippen molar-refractivity contribution in [1.29, 1.82) is 0 Å². The average molecular weight is 386 g/mol.